The Morgan fingerprint density at radius 3 is 3.00 bits per heavy atom. The van der Waals surface area contributed by atoms with E-state index in [9.17, 15) is 4.39 Å². The minimum Gasteiger partial charge on any atom is -0.352 e. The average molecular weight is 281 g/mol. The van der Waals surface area contributed by atoms with Gasteiger partial charge in [0.1, 0.15) is 5.82 Å². The van der Waals surface area contributed by atoms with Crippen molar-refractivity contribution in [3.63, 3.8) is 0 Å². The third-order valence-electron chi connectivity index (χ3n) is 3.11. The van der Waals surface area contributed by atoms with Crippen LogP contribution in [0.15, 0.2) is 18.3 Å². The Bertz CT molecular complexity index is 552. The van der Waals surface area contributed by atoms with Crippen molar-refractivity contribution in [3.05, 3.63) is 24.1 Å². The van der Waals surface area contributed by atoms with Gasteiger partial charge in [-0.2, -0.15) is 16.7 Å². The van der Waals surface area contributed by atoms with Gasteiger partial charge in [0.05, 0.1) is 6.20 Å². The van der Waals surface area contributed by atoms with Crippen molar-refractivity contribution in [2.75, 3.05) is 43.0 Å². The number of hydrogen-bond donors (Lipinski definition) is 1. The van der Waals surface area contributed by atoms with Crippen LogP contribution in [-0.4, -0.2) is 57.2 Å². The highest BCUT2D eigenvalue weighted by Crippen LogP contribution is 2.09. The lowest BCUT2D eigenvalue weighted by Crippen LogP contribution is -2.36. The van der Waals surface area contributed by atoms with Crippen LogP contribution >= 0.6 is 11.8 Å². The summed E-state index contributed by atoms with van der Waals surface area (Å²) in [6.45, 7) is 4.10. The zero-order chi connectivity index (χ0) is 13.1. The highest BCUT2D eigenvalue weighted by Gasteiger charge is 2.10. The molecule has 0 spiro atoms. The molecular formula is C12H16FN5S. The van der Waals surface area contributed by atoms with E-state index in [0.717, 1.165) is 26.2 Å². The molecule has 7 heteroatoms. The number of fused-ring (bicyclic) bond motifs is 1. The molecule has 0 atom stereocenters. The maximum Gasteiger partial charge on any atom is 0.243 e. The largest absolute Gasteiger partial charge is 0.352 e. The molecule has 0 aliphatic carbocycles. The summed E-state index contributed by atoms with van der Waals surface area (Å²) in [6, 6.07) is 3.01. The Morgan fingerprint density at radius 1 is 1.32 bits per heavy atom. The van der Waals surface area contributed by atoms with Gasteiger partial charge in [0.15, 0.2) is 5.65 Å². The fraction of sp³-hybridized carbons (Fsp3) is 0.500. The van der Waals surface area contributed by atoms with Gasteiger partial charge in [0.25, 0.3) is 0 Å². The lowest BCUT2D eigenvalue weighted by Gasteiger charge is -2.25. The summed E-state index contributed by atoms with van der Waals surface area (Å²) in [5.74, 6) is 2.67. The molecule has 1 saturated heterocycles. The van der Waals surface area contributed by atoms with Crippen molar-refractivity contribution in [2.45, 2.75) is 0 Å². The van der Waals surface area contributed by atoms with Crippen LogP contribution in [0.5, 0.6) is 0 Å². The molecule has 5 nitrogen and oxygen atoms in total. The van der Waals surface area contributed by atoms with E-state index in [-0.39, 0.29) is 5.82 Å². The molecule has 0 radical (unpaired) electrons. The molecule has 2 aromatic rings. The van der Waals surface area contributed by atoms with Crippen molar-refractivity contribution in [1.82, 2.24) is 19.5 Å². The third kappa shape index (κ3) is 3.16. The molecule has 1 aliphatic heterocycles. The van der Waals surface area contributed by atoms with Crippen LogP contribution in [-0.2, 0) is 0 Å². The molecule has 102 valence electrons. The maximum absolute atomic E-state index is 13.0. The van der Waals surface area contributed by atoms with Crippen LogP contribution in [0.2, 0.25) is 0 Å². The van der Waals surface area contributed by atoms with Gasteiger partial charge in [0.2, 0.25) is 5.95 Å². The van der Waals surface area contributed by atoms with E-state index in [2.05, 4.69) is 20.3 Å². The van der Waals surface area contributed by atoms with Gasteiger partial charge in [-0.25, -0.2) is 8.91 Å². The minimum absolute atomic E-state index is 0.310. The number of pyridine rings is 1. The second-order valence-electron chi connectivity index (χ2n) is 4.47. The second-order valence-corrected chi connectivity index (χ2v) is 5.69. The quantitative estimate of drug-likeness (QED) is 0.916. The lowest BCUT2D eigenvalue weighted by atomic mass is 10.4. The van der Waals surface area contributed by atoms with Crippen LogP contribution < -0.4 is 5.32 Å². The monoisotopic (exact) mass is 281 g/mol. The molecule has 3 heterocycles. The second kappa shape index (κ2) is 5.75. The molecule has 0 amide bonds. The summed E-state index contributed by atoms with van der Waals surface area (Å²) >= 11 is 2.01. The summed E-state index contributed by atoms with van der Waals surface area (Å²) in [5, 5.41) is 7.37. The average Bonchev–Trinajstić information content (AvgIpc) is 2.82. The van der Waals surface area contributed by atoms with Gasteiger partial charge < -0.3 is 5.32 Å². The number of anilines is 1. The Morgan fingerprint density at radius 2 is 2.16 bits per heavy atom. The van der Waals surface area contributed by atoms with Crippen LogP contribution in [0.1, 0.15) is 0 Å². The topological polar surface area (TPSA) is 45.5 Å². The number of thioether (sulfide) groups is 1. The molecule has 2 aromatic heterocycles. The van der Waals surface area contributed by atoms with Crippen molar-refractivity contribution in [1.29, 1.82) is 0 Å². The zero-order valence-corrected chi connectivity index (χ0v) is 11.4. The number of rotatable bonds is 4. The summed E-state index contributed by atoms with van der Waals surface area (Å²) in [5.41, 5.74) is 0.651. The number of nitrogens with one attached hydrogen (secondary N) is 1. The first kappa shape index (κ1) is 12.7. The minimum atomic E-state index is -0.310. The molecule has 0 saturated carbocycles. The Labute approximate surface area is 115 Å². The number of hydrogen-bond acceptors (Lipinski definition) is 5. The summed E-state index contributed by atoms with van der Waals surface area (Å²) in [4.78, 5) is 6.72. The number of aromatic nitrogens is 3. The van der Waals surface area contributed by atoms with Crippen molar-refractivity contribution >= 4 is 23.4 Å². The molecule has 0 aromatic carbocycles. The molecule has 0 bridgehead atoms. The van der Waals surface area contributed by atoms with E-state index in [0.29, 0.717) is 11.6 Å². The number of halogens is 1. The maximum atomic E-state index is 13.0. The highest BCUT2D eigenvalue weighted by atomic mass is 32.2. The van der Waals surface area contributed by atoms with E-state index in [4.69, 9.17) is 0 Å². The first-order chi connectivity index (χ1) is 9.31. The predicted molar refractivity (Wildman–Crippen MR) is 75.2 cm³/mol. The van der Waals surface area contributed by atoms with Crippen LogP contribution in [0.3, 0.4) is 0 Å². The normalized spacial score (nSPS) is 16.9. The zero-order valence-electron chi connectivity index (χ0n) is 10.5. The van der Waals surface area contributed by atoms with Gasteiger partial charge in [-0.3, -0.25) is 4.90 Å². The fourth-order valence-electron chi connectivity index (χ4n) is 2.08. The van der Waals surface area contributed by atoms with Gasteiger partial charge in [-0.1, -0.05) is 0 Å². The summed E-state index contributed by atoms with van der Waals surface area (Å²) < 4.78 is 14.5. The van der Waals surface area contributed by atoms with E-state index in [1.54, 1.807) is 6.07 Å². The molecule has 1 N–H and O–H groups in total. The van der Waals surface area contributed by atoms with E-state index >= 15 is 0 Å². The molecule has 1 aliphatic rings. The third-order valence-corrected chi connectivity index (χ3v) is 4.05. The fourth-order valence-corrected chi connectivity index (χ4v) is 3.06. The van der Waals surface area contributed by atoms with Gasteiger partial charge in [-0.05, 0) is 12.1 Å². The van der Waals surface area contributed by atoms with Crippen molar-refractivity contribution < 1.29 is 4.39 Å². The molecule has 3 rings (SSSR count). The standard InChI is InChI=1S/C12H16FN5S/c13-10-1-2-11-15-12(16-18(11)9-10)14-3-4-17-5-7-19-8-6-17/h1-2,9H,3-8H2,(H,14,16). The van der Waals surface area contributed by atoms with E-state index < -0.39 is 0 Å². The van der Waals surface area contributed by atoms with Crippen molar-refractivity contribution in [3.8, 4) is 0 Å². The van der Waals surface area contributed by atoms with E-state index in [1.807, 2.05) is 11.8 Å². The first-order valence-corrected chi connectivity index (χ1v) is 7.53. The Kier molecular flexibility index (Phi) is 3.84. The predicted octanol–water partition coefficient (Wildman–Crippen LogP) is 1.33. The SMILES string of the molecule is Fc1ccc2nc(NCCN3CCSCC3)nn2c1. The van der Waals surface area contributed by atoms with Gasteiger partial charge >= 0.3 is 0 Å². The molecule has 19 heavy (non-hydrogen) atoms. The molecule has 0 unspecified atom stereocenters. The Hall–Kier alpha value is -1.34. The van der Waals surface area contributed by atoms with Gasteiger partial charge in [-0.15, -0.1) is 5.10 Å². The van der Waals surface area contributed by atoms with E-state index in [1.165, 1.54) is 28.3 Å². The summed E-state index contributed by atoms with van der Waals surface area (Å²) in [6.07, 6.45) is 1.33. The van der Waals surface area contributed by atoms with Crippen molar-refractivity contribution in [2.24, 2.45) is 0 Å². The smallest absolute Gasteiger partial charge is 0.243 e. The lowest BCUT2D eigenvalue weighted by molar-refractivity contribution is 0.314. The highest BCUT2D eigenvalue weighted by molar-refractivity contribution is 7.99. The van der Waals surface area contributed by atoms with Crippen LogP contribution in [0.4, 0.5) is 10.3 Å². The summed E-state index contributed by atoms with van der Waals surface area (Å²) in [7, 11) is 0. The first-order valence-electron chi connectivity index (χ1n) is 6.37. The Balaban J connectivity index is 1.56. The number of nitrogens with zero attached hydrogens (tertiary/aromatic N) is 4. The van der Waals surface area contributed by atoms with Crippen LogP contribution in [0.25, 0.3) is 5.65 Å². The van der Waals surface area contributed by atoms with Crippen LogP contribution in [0, 0.1) is 5.82 Å². The molecule has 1 fully saturated rings. The van der Waals surface area contributed by atoms with Gasteiger partial charge in [0, 0.05) is 37.7 Å². The molecular weight excluding hydrogens is 265 g/mol.